The lowest BCUT2D eigenvalue weighted by Crippen LogP contribution is -2.04. The van der Waals surface area contributed by atoms with E-state index in [0.29, 0.717) is 22.8 Å². The number of halogens is 4. The van der Waals surface area contributed by atoms with Gasteiger partial charge in [0, 0.05) is 4.47 Å². The van der Waals surface area contributed by atoms with Gasteiger partial charge in [0.05, 0.1) is 15.4 Å². The SMILES string of the molecule is O=CC(Cl)Cc1ccc(Br)c(Cl)c1Cl. The van der Waals surface area contributed by atoms with Crippen molar-refractivity contribution in [2.75, 3.05) is 0 Å². The summed E-state index contributed by atoms with van der Waals surface area (Å²) in [5.41, 5.74) is 0.770. The van der Waals surface area contributed by atoms with Crippen LogP contribution in [0.15, 0.2) is 16.6 Å². The summed E-state index contributed by atoms with van der Waals surface area (Å²) >= 11 is 20.8. The lowest BCUT2D eigenvalue weighted by molar-refractivity contribution is -0.107. The second kappa shape index (κ2) is 5.36. The van der Waals surface area contributed by atoms with Gasteiger partial charge in [-0.05, 0) is 34.0 Å². The zero-order valence-corrected chi connectivity index (χ0v) is 10.8. The van der Waals surface area contributed by atoms with Gasteiger partial charge in [-0.15, -0.1) is 11.6 Å². The Bertz CT molecular complexity index is 354. The Balaban J connectivity index is 2.99. The molecule has 0 N–H and O–H groups in total. The van der Waals surface area contributed by atoms with E-state index >= 15 is 0 Å². The third-order valence-corrected chi connectivity index (χ3v) is 3.75. The fourth-order valence-electron chi connectivity index (χ4n) is 0.982. The van der Waals surface area contributed by atoms with Gasteiger partial charge < -0.3 is 4.79 Å². The molecule has 5 heteroatoms. The van der Waals surface area contributed by atoms with Crippen LogP contribution in [0.1, 0.15) is 5.56 Å². The second-order valence-electron chi connectivity index (χ2n) is 2.69. The quantitative estimate of drug-likeness (QED) is 0.466. The van der Waals surface area contributed by atoms with Crippen LogP contribution in [0.3, 0.4) is 0 Å². The summed E-state index contributed by atoms with van der Waals surface area (Å²) in [5.74, 6) is 0. The van der Waals surface area contributed by atoms with E-state index in [4.69, 9.17) is 34.8 Å². The summed E-state index contributed by atoms with van der Waals surface area (Å²) in [6, 6.07) is 3.56. The third kappa shape index (κ3) is 2.86. The Hall–Kier alpha value is 0.240. The highest BCUT2D eigenvalue weighted by Crippen LogP contribution is 2.33. The van der Waals surface area contributed by atoms with Crippen molar-refractivity contribution in [3.8, 4) is 0 Å². The van der Waals surface area contributed by atoms with E-state index < -0.39 is 5.38 Å². The Kier molecular flexibility index (Phi) is 4.71. The highest BCUT2D eigenvalue weighted by atomic mass is 79.9. The average molecular weight is 316 g/mol. The molecule has 0 amide bonds. The number of aldehydes is 1. The van der Waals surface area contributed by atoms with Crippen LogP contribution in [0, 0.1) is 0 Å². The van der Waals surface area contributed by atoms with E-state index in [1.807, 2.05) is 0 Å². The molecular weight excluding hydrogens is 310 g/mol. The minimum absolute atomic E-state index is 0.386. The fraction of sp³-hybridized carbons (Fsp3) is 0.222. The highest BCUT2D eigenvalue weighted by molar-refractivity contribution is 9.10. The lowest BCUT2D eigenvalue weighted by Gasteiger charge is -2.07. The molecule has 0 aliphatic carbocycles. The third-order valence-electron chi connectivity index (χ3n) is 1.68. The minimum Gasteiger partial charge on any atom is -0.302 e. The van der Waals surface area contributed by atoms with E-state index in [0.717, 1.165) is 10.0 Å². The first kappa shape index (κ1) is 12.3. The highest BCUT2D eigenvalue weighted by Gasteiger charge is 2.11. The van der Waals surface area contributed by atoms with Crippen LogP contribution in [0.4, 0.5) is 0 Å². The second-order valence-corrected chi connectivity index (χ2v) is 4.86. The fourth-order valence-corrected chi connectivity index (χ4v) is 2.02. The molecular formula is C9H6BrCl3O. The summed E-state index contributed by atoms with van der Waals surface area (Å²) in [7, 11) is 0. The van der Waals surface area contributed by atoms with Crippen LogP contribution in [-0.4, -0.2) is 11.7 Å². The van der Waals surface area contributed by atoms with Crippen molar-refractivity contribution < 1.29 is 4.79 Å². The van der Waals surface area contributed by atoms with Crippen molar-refractivity contribution in [3.05, 3.63) is 32.2 Å². The van der Waals surface area contributed by atoms with Gasteiger partial charge in [-0.25, -0.2) is 0 Å². The van der Waals surface area contributed by atoms with Gasteiger partial charge in [0.25, 0.3) is 0 Å². The Labute approximate surface area is 105 Å². The number of benzene rings is 1. The van der Waals surface area contributed by atoms with Crippen LogP contribution in [0.25, 0.3) is 0 Å². The molecule has 1 atom stereocenters. The van der Waals surface area contributed by atoms with Crippen molar-refractivity contribution in [2.45, 2.75) is 11.8 Å². The summed E-state index contributed by atoms with van der Waals surface area (Å²) in [6.45, 7) is 0. The van der Waals surface area contributed by atoms with E-state index in [-0.39, 0.29) is 0 Å². The maximum absolute atomic E-state index is 10.4. The van der Waals surface area contributed by atoms with Crippen LogP contribution in [0.5, 0.6) is 0 Å². The number of hydrogen-bond donors (Lipinski definition) is 0. The van der Waals surface area contributed by atoms with Gasteiger partial charge >= 0.3 is 0 Å². The molecule has 0 heterocycles. The van der Waals surface area contributed by atoms with Crippen molar-refractivity contribution in [3.63, 3.8) is 0 Å². The maximum Gasteiger partial charge on any atom is 0.138 e. The number of hydrogen-bond acceptors (Lipinski definition) is 1. The van der Waals surface area contributed by atoms with E-state index in [1.54, 1.807) is 12.1 Å². The van der Waals surface area contributed by atoms with E-state index in [2.05, 4.69) is 15.9 Å². The first-order valence-electron chi connectivity index (χ1n) is 3.78. The predicted octanol–water partition coefficient (Wildman–Crippen LogP) is 4.10. The summed E-state index contributed by atoms with van der Waals surface area (Å²) in [5, 5.41) is 0.317. The smallest absolute Gasteiger partial charge is 0.138 e. The van der Waals surface area contributed by atoms with Crippen LogP contribution >= 0.6 is 50.7 Å². The zero-order valence-electron chi connectivity index (χ0n) is 6.94. The molecule has 0 fully saturated rings. The average Bonchev–Trinajstić information content (AvgIpc) is 2.19. The summed E-state index contributed by atoms with van der Waals surface area (Å²) in [4.78, 5) is 10.4. The molecule has 1 aromatic carbocycles. The van der Waals surface area contributed by atoms with Gasteiger partial charge in [0.2, 0.25) is 0 Å². The number of carbonyl (C=O) groups is 1. The largest absolute Gasteiger partial charge is 0.302 e. The van der Waals surface area contributed by atoms with Crippen molar-refractivity contribution in [1.29, 1.82) is 0 Å². The first-order chi connectivity index (χ1) is 6.56. The van der Waals surface area contributed by atoms with Crippen LogP contribution < -0.4 is 0 Å². The molecule has 14 heavy (non-hydrogen) atoms. The van der Waals surface area contributed by atoms with Gasteiger partial charge in [0.1, 0.15) is 6.29 Å². The lowest BCUT2D eigenvalue weighted by atomic mass is 10.1. The van der Waals surface area contributed by atoms with Crippen LogP contribution in [0.2, 0.25) is 10.0 Å². The van der Waals surface area contributed by atoms with Crippen LogP contribution in [-0.2, 0) is 11.2 Å². The topological polar surface area (TPSA) is 17.1 Å². The molecule has 0 aliphatic rings. The Morgan fingerprint density at radius 2 is 2.00 bits per heavy atom. The molecule has 1 rings (SSSR count). The van der Waals surface area contributed by atoms with Crippen molar-refractivity contribution >= 4 is 57.0 Å². The Morgan fingerprint density at radius 3 is 2.57 bits per heavy atom. The molecule has 0 bridgehead atoms. The first-order valence-corrected chi connectivity index (χ1v) is 5.76. The Morgan fingerprint density at radius 1 is 1.36 bits per heavy atom. The van der Waals surface area contributed by atoms with E-state index in [9.17, 15) is 4.79 Å². The zero-order chi connectivity index (χ0) is 10.7. The summed E-state index contributed by atoms with van der Waals surface area (Å²) < 4.78 is 0.727. The molecule has 0 saturated heterocycles. The number of carbonyl (C=O) groups excluding carboxylic acids is 1. The minimum atomic E-state index is -0.565. The summed E-state index contributed by atoms with van der Waals surface area (Å²) in [6.07, 6.45) is 1.06. The van der Waals surface area contributed by atoms with Gasteiger partial charge in [0.15, 0.2) is 0 Å². The van der Waals surface area contributed by atoms with Crippen molar-refractivity contribution in [1.82, 2.24) is 0 Å². The molecule has 0 spiro atoms. The van der Waals surface area contributed by atoms with Gasteiger partial charge in [-0.1, -0.05) is 29.3 Å². The maximum atomic E-state index is 10.4. The predicted molar refractivity (Wildman–Crippen MR) is 63.6 cm³/mol. The monoisotopic (exact) mass is 314 g/mol. The molecule has 0 saturated carbocycles. The molecule has 1 unspecified atom stereocenters. The molecule has 0 aromatic heterocycles. The normalized spacial score (nSPS) is 12.6. The number of rotatable bonds is 3. The van der Waals surface area contributed by atoms with Crippen molar-refractivity contribution in [2.24, 2.45) is 0 Å². The molecule has 1 nitrogen and oxygen atoms in total. The molecule has 76 valence electrons. The standard InChI is InChI=1S/C9H6BrCl3O/c10-7-2-1-5(3-6(11)4-14)8(12)9(7)13/h1-2,4,6H,3H2. The molecule has 0 radical (unpaired) electrons. The molecule has 1 aromatic rings. The molecule has 0 aliphatic heterocycles. The van der Waals surface area contributed by atoms with Gasteiger partial charge in [-0.3, -0.25) is 0 Å². The van der Waals surface area contributed by atoms with E-state index in [1.165, 1.54) is 0 Å². The van der Waals surface area contributed by atoms with Gasteiger partial charge in [-0.2, -0.15) is 0 Å². The number of alkyl halides is 1.